The standard InChI is InChI=1S/C15H23N5O3/c1-16-11-8-18-13(19-9-11)14(22)20-6-4-5-15(20,10-23-3)7-12(21)17-2/h8-9,16H,4-7,10H2,1-3H3,(H,17,21). The predicted molar refractivity (Wildman–Crippen MR) is 85.1 cm³/mol. The Labute approximate surface area is 135 Å². The third-order valence-corrected chi connectivity index (χ3v) is 4.15. The number of methoxy groups -OCH3 is 1. The number of likely N-dealkylation sites (tertiary alicyclic amines) is 1. The van der Waals surface area contributed by atoms with Crippen molar-refractivity contribution in [2.24, 2.45) is 0 Å². The van der Waals surface area contributed by atoms with Crippen molar-refractivity contribution in [3.05, 3.63) is 18.2 Å². The fraction of sp³-hybridized carbons (Fsp3) is 0.600. The molecule has 0 aliphatic carbocycles. The quantitative estimate of drug-likeness (QED) is 0.781. The zero-order valence-corrected chi connectivity index (χ0v) is 13.8. The van der Waals surface area contributed by atoms with E-state index >= 15 is 0 Å². The number of rotatable bonds is 6. The van der Waals surface area contributed by atoms with E-state index in [1.165, 1.54) is 0 Å². The molecule has 1 saturated heterocycles. The van der Waals surface area contributed by atoms with Gasteiger partial charge in [-0.1, -0.05) is 0 Å². The van der Waals surface area contributed by atoms with Crippen LogP contribution in [0, 0.1) is 0 Å². The van der Waals surface area contributed by atoms with Gasteiger partial charge in [-0.2, -0.15) is 0 Å². The Morgan fingerprint density at radius 2 is 2.04 bits per heavy atom. The SMILES string of the molecule is CNC(=O)CC1(COC)CCCN1C(=O)c1ncc(NC)cn1. The summed E-state index contributed by atoms with van der Waals surface area (Å²) in [6.07, 6.45) is 4.87. The van der Waals surface area contributed by atoms with Gasteiger partial charge in [0.05, 0.1) is 36.6 Å². The van der Waals surface area contributed by atoms with Crippen LogP contribution >= 0.6 is 0 Å². The van der Waals surface area contributed by atoms with Gasteiger partial charge in [0.1, 0.15) is 0 Å². The molecule has 0 radical (unpaired) electrons. The third-order valence-electron chi connectivity index (χ3n) is 4.15. The van der Waals surface area contributed by atoms with Crippen molar-refractivity contribution in [3.8, 4) is 0 Å². The Morgan fingerprint density at radius 1 is 1.35 bits per heavy atom. The molecule has 8 nitrogen and oxygen atoms in total. The Hall–Kier alpha value is -2.22. The third kappa shape index (κ3) is 3.58. The van der Waals surface area contributed by atoms with E-state index in [0.717, 1.165) is 12.1 Å². The molecule has 0 spiro atoms. The normalized spacial score (nSPS) is 20.4. The van der Waals surface area contributed by atoms with Crippen LogP contribution in [0.3, 0.4) is 0 Å². The summed E-state index contributed by atoms with van der Waals surface area (Å²) in [5.74, 6) is -0.261. The highest BCUT2D eigenvalue weighted by Gasteiger charge is 2.46. The summed E-state index contributed by atoms with van der Waals surface area (Å²) in [5, 5.41) is 5.53. The summed E-state index contributed by atoms with van der Waals surface area (Å²) >= 11 is 0. The largest absolute Gasteiger partial charge is 0.386 e. The van der Waals surface area contributed by atoms with Crippen molar-refractivity contribution in [1.82, 2.24) is 20.2 Å². The van der Waals surface area contributed by atoms with Gasteiger partial charge >= 0.3 is 0 Å². The monoisotopic (exact) mass is 321 g/mol. The lowest BCUT2D eigenvalue weighted by Gasteiger charge is -2.37. The first kappa shape index (κ1) is 17.1. The minimum atomic E-state index is -0.642. The van der Waals surface area contributed by atoms with E-state index in [2.05, 4.69) is 20.6 Å². The maximum absolute atomic E-state index is 12.8. The van der Waals surface area contributed by atoms with Crippen LogP contribution in [-0.4, -0.2) is 66.6 Å². The topological polar surface area (TPSA) is 96.5 Å². The number of hydrogen-bond acceptors (Lipinski definition) is 6. The Balaban J connectivity index is 2.26. The molecule has 23 heavy (non-hydrogen) atoms. The first-order chi connectivity index (χ1) is 11.1. The van der Waals surface area contributed by atoms with Gasteiger partial charge in [-0.25, -0.2) is 9.97 Å². The molecule has 1 aliphatic heterocycles. The van der Waals surface area contributed by atoms with Crippen molar-refractivity contribution in [3.63, 3.8) is 0 Å². The van der Waals surface area contributed by atoms with Crippen LogP contribution in [0.15, 0.2) is 12.4 Å². The second-order valence-corrected chi connectivity index (χ2v) is 5.61. The summed E-state index contributed by atoms with van der Waals surface area (Å²) in [6, 6.07) is 0. The smallest absolute Gasteiger partial charge is 0.292 e. The van der Waals surface area contributed by atoms with Gasteiger partial charge in [0, 0.05) is 27.7 Å². The molecular weight excluding hydrogens is 298 g/mol. The average molecular weight is 321 g/mol. The molecular formula is C15H23N5O3. The Bertz CT molecular complexity index is 563. The number of amides is 2. The number of aromatic nitrogens is 2. The first-order valence-electron chi connectivity index (χ1n) is 7.57. The van der Waals surface area contributed by atoms with E-state index in [9.17, 15) is 9.59 Å². The maximum Gasteiger partial charge on any atom is 0.292 e. The lowest BCUT2D eigenvalue weighted by atomic mass is 9.92. The van der Waals surface area contributed by atoms with Crippen molar-refractivity contribution in [1.29, 1.82) is 0 Å². The number of hydrogen-bond donors (Lipinski definition) is 2. The minimum absolute atomic E-state index is 0.117. The maximum atomic E-state index is 12.8. The molecule has 1 aliphatic rings. The van der Waals surface area contributed by atoms with E-state index in [1.807, 2.05) is 0 Å². The summed E-state index contributed by atoms with van der Waals surface area (Å²) in [4.78, 5) is 34.6. The average Bonchev–Trinajstić information content (AvgIpc) is 2.97. The number of carbonyl (C=O) groups is 2. The molecule has 1 aromatic heterocycles. The summed E-state index contributed by atoms with van der Waals surface area (Å²) in [6.45, 7) is 0.872. The molecule has 0 saturated carbocycles. The number of anilines is 1. The molecule has 1 atom stereocenters. The molecule has 1 aromatic rings. The van der Waals surface area contributed by atoms with Crippen LogP contribution < -0.4 is 10.6 Å². The molecule has 2 amide bonds. The van der Waals surface area contributed by atoms with E-state index < -0.39 is 5.54 Å². The fourth-order valence-electron chi connectivity index (χ4n) is 2.98. The highest BCUT2D eigenvalue weighted by molar-refractivity contribution is 5.92. The number of ether oxygens (including phenoxy) is 1. The van der Waals surface area contributed by atoms with Gasteiger partial charge < -0.3 is 20.3 Å². The Morgan fingerprint density at radius 3 is 2.61 bits per heavy atom. The zero-order chi connectivity index (χ0) is 16.9. The highest BCUT2D eigenvalue weighted by Crippen LogP contribution is 2.34. The van der Waals surface area contributed by atoms with Crippen molar-refractivity contribution in [2.75, 3.05) is 39.7 Å². The lowest BCUT2D eigenvalue weighted by molar-refractivity contribution is -0.123. The van der Waals surface area contributed by atoms with Crippen LogP contribution in [0.2, 0.25) is 0 Å². The lowest BCUT2D eigenvalue weighted by Crippen LogP contribution is -2.53. The van der Waals surface area contributed by atoms with Gasteiger partial charge in [0.15, 0.2) is 0 Å². The van der Waals surface area contributed by atoms with Crippen molar-refractivity contribution in [2.45, 2.75) is 24.8 Å². The summed E-state index contributed by atoms with van der Waals surface area (Å²) < 4.78 is 5.30. The first-order valence-corrected chi connectivity index (χ1v) is 7.57. The van der Waals surface area contributed by atoms with Gasteiger partial charge in [0.25, 0.3) is 5.91 Å². The van der Waals surface area contributed by atoms with Crippen molar-refractivity contribution < 1.29 is 14.3 Å². The van der Waals surface area contributed by atoms with Crippen molar-refractivity contribution >= 4 is 17.5 Å². The van der Waals surface area contributed by atoms with Crippen LogP contribution in [0.4, 0.5) is 5.69 Å². The van der Waals surface area contributed by atoms with E-state index in [-0.39, 0.29) is 24.1 Å². The molecule has 2 heterocycles. The summed E-state index contributed by atoms with van der Waals surface area (Å²) in [7, 11) is 4.92. The van der Waals surface area contributed by atoms with Crippen LogP contribution in [0.5, 0.6) is 0 Å². The van der Waals surface area contributed by atoms with Gasteiger partial charge in [0.2, 0.25) is 11.7 Å². The second-order valence-electron chi connectivity index (χ2n) is 5.61. The van der Waals surface area contributed by atoms with Crippen LogP contribution in [-0.2, 0) is 9.53 Å². The van der Waals surface area contributed by atoms with E-state index in [0.29, 0.717) is 19.6 Å². The van der Waals surface area contributed by atoms with Gasteiger partial charge in [-0.3, -0.25) is 9.59 Å². The van der Waals surface area contributed by atoms with E-state index in [4.69, 9.17) is 4.74 Å². The minimum Gasteiger partial charge on any atom is -0.386 e. The van der Waals surface area contributed by atoms with Crippen LogP contribution in [0.1, 0.15) is 29.9 Å². The zero-order valence-electron chi connectivity index (χ0n) is 13.8. The second kappa shape index (κ2) is 7.36. The molecule has 126 valence electrons. The molecule has 8 heteroatoms. The summed E-state index contributed by atoms with van der Waals surface area (Å²) in [5.41, 5.74) is 0.0910. The van der Waals surface area contributed by atoms with Crippen LogP contribution in [0.25, 0.3) is 0 Å². The van der Waals surface area contributed by atoms with Gasteiger partial charge in [-0.15, -0.1) is 0 Å². The number of carbonyl (C=O) groups excluding carboxylic acids is 2. The molecule has 1 unspecified atom stereocenters. The molecule has 1 fully saturated rings. The molecule has 2 rings (SSSR count). The number of nitrogens with zero attached hydrogens (tertiary/aromatic N) is 3. The highest BCUT2D eigenvalue weighted by atomic mass is 16.5. The Kier molecular flexibility index (Phi) is 5.49. The molecule has 2 N–H and O–H groups in total. The molecule has 0 aromatic carbocycles. The predicted octanol–water partition coefficient (Wildman–Crippen LogP) is 0.276. The molecule has 0 bridgehead atoms. The number of nitrogens with one attached hydrogen (secondary N) is 2. The van der Waals surface area contributed by atoms with E-state index in [1.54, 1.807) is 38.5 Å². The fourth-order valence-corrected chi connectivity index (χ4v) is 2.98. The van der Waals surface area contributed by atoms with Gasteiger partial charge in [-0.05, 0) is 12.8 Å².